The minimum Gasteiger partial charge on any atom is -0.508 e. The second-order valence-electron chi connectivity index (χ2n) is 4.71. The molecule has 1 aliphatic rings. The highest BCUT2D eigenvalue weighted by molar-refractivity contribution is 7.99. The molecule has 1 aromatic rings. The van der Waals surface area contributed by atoms with E-state index in [1.54, 1.807) is 0 Å². The van der Waals surface area contributed by atoms with Crippen molar-refractivity contribution in [2.24, 2.45) is 0 Å². The molecule has 1 aromatic carbocycles. The Morgan fingerprint density at radius 3 is 2.89 bits per heavy atom. The zero-order valence-electron chi connectivity index (χ0n) is 11.1. The lowest BCUT2D eigenvalue weighted by molar-refractivity contribution is 0.458. The van der Waals surface area contributed by atoms with E-state index in [0.29, 0.717) is 5.75 Å². The van der Waals surface area contributed by atoms with Gasteiger partial charge in [0, 0.05) is 42.2 Å². The number of nitrogens with zero attached hydrogens (tertiary/aromatic N) is 1. The lowest BCUT2D eigenvalue weighted by atomic mass is 10.1. The number of phenols is 1. The molecule has 0 spiro atoms. The zero-order valence-corrected chi connectivity index (χ0v) is 12.0. The molecule has 4 heteroatoms. The summed E-state index contributed by atoms with van der Waals surface area (Å²) in [5.74, 6) is 2.82. The van der Waals surface area contributed by atoms with Crippen molar-refractivity contribution in [3.8, 4) is 5.75 Å². The van der Waals surface area contributed by atoms with E-state index in [2.05, 4.69) is 23.2 Å². The highest BCUT2D eigenvalue weighted by atomic mass is 32.2. The number of phenolic OH excluding ortho intramolecular Hbond substituents is 1. The molecule has 1 aliphatic heterocycles. The van der Waals surface area contributed by atoms with Crippen LogP contribution in [0.3, 0.4) is 0 Å². The normalized spacial score (nSPS) is 18.4. The van der Waals surface area contributed by atoms with Crippen LogP contribution in [-0.4, -0.2) is 36.7 Å². The summed E-state index contributed by atoms with van der Waals surface area (Å²) >= 11 is 2.02. The average molecular weight is 266 g/mol. The summed E-state index contributed by atoms with van der Waals surface area (Å²) in [4.78, 5) is 2.37. The molecule has 2 rings (SSSR count). The molecule has 0 saturated carbocycles. The lowest BCUT2D eigenvalue weighted by Crippen LogP contribution is -2.25. The van der Waals surface area contributed by atoms with Crippen molar-refractivity contribution in [2.75, 3.05) is 36.5 Å². The number of hydrogen-bond acceptors (Lipinski definition) is 4. The van der Waals surface area contributed by atoms with Gasteiger partial charge in [-0.3, -0.25) is 0 Å². The number of hydrogen-bond donors (Lipinski definition) is 2. The molecule has 1 atom stereocenters. The van der Waals surface area contributed by atoms with Crippen LogP contribution in [0.2, 0.25) is 0 Å². The van der Waals surface area contributed by atoms with Gasteiger partial charge in [-0.25, -0.2) is 0 Å². The van der Waals surface area contributed by atoms with E-state index in [9.17, 15) is 5.11 Å². The molecule has 2 N–H and O–H groups in total. The maximum atomic E-state index is 10.1. The molecule has 0 bridgehead atoms. The second kappa shape index (κ2) is 6.34. The Morgan fingerprint density at radius 2 is 2.17 bits per heavy atom. The second-order valence-corrected chi connectivity index (χ2v) is 5.93. The Balaban J connectivity index is 2.16. The monoisotopic (exact) mass is 266 g/mol. The van der Waals surface area contributed by atoms with Gasteiger partial charge in [-0.05, 0) is 32.2 Å². The SMILES string of the molecule is CNC(C)c1ccc(N2CCCSCC2)cc1O. The van der Waals surface area contributed by atoms with Gasteiger partial charge >= 0.3 is 0 Å². The number of aromatic hydroxyl groups is 1. The Morgan fingerprint density at radius 1 is 1.33 bits per heavy atom. The lowest BCUT2D eigenvalue weighted by Gasteiger charge is -2.23. The Hall–Kier alpha value is -0.870. The molecule has 1 fully saturated rings. The molecule has 0 amide bonds. The van der Waals surface area contributed by atoms with Gasteiger partial charge in [0.25, 0.3) is 0 Å². The number of benzene rings is 1. The maximum absolute atomic E-state index is 10.1. The van der Waals surface area contributed by atoms with E-state index in [-0.39, 0.29) is 6.04 Å². The molecule has 1 unspecified atom stereocenters. The van der Waals surface area contributed by atoms with Crippen molar-refractivity contribution in [3.05, 3.63) is 23.8 Å². The molecule has 0 aromatic heterocycles. The third kappa shape index (κ3) is 3.12. The van der Waals surface area contributed by atoms with Gasteiger partial charge < -0.3 is 15.3 Å². The van der Waals surface area contributed by atoms with Crippen LogP contribution < -0.4 is 10.2 Å². The summed E-state index contributed by atoms with van der Waals surface area (Å²) in [7, 11) is 1.91. The first-order chi connectivity index (χ1) is 8.72. The van der Waals surface area contributed by atoms with Crippen LogP contribution in [0, 0.1) is 0 Å². The zero-order chi connectivity index (χ0) is 13.0. The number of nitrogens with one attached hydrogen (secondary N) is 1. The summed E-state index contributed by atoms with van der Waals surface area (Å²) in [5.41, 5.74) is 2.10. The largest absolute Gasteiger partial charge is 0.508 e. The highest BCUT2D eigenvalue weighted by Crippen LogP contribution is 2.29. The van der Waals surface area contributed by atoms with E-state index < -0.39 is 0 Å². The van der Waals surface area contributed by atoms with Gasteiger partial charge in [0.15, 0.2) is 0 Å². The molecule has 100 valence electrons. The van der Waals surface area contributed by atoms with Crippen LogP contribution in [0.25, 0.3) is 0 Å². The van der Waals surface area contributed by atoms with Gasteiger partial charge in [-0.1, -0.05) is 6.07 Å². The van der Waals surface area contributed by atoms with Gasteiger partial charge in [-0.15, -0.1) is 0 Å². The maximum Gasteiger partial charge on any atom is 0.122 e. The molecule has 1 saturated heterocycles. The van der Waals surface area contributed by atoms with Crippen LogP contribution in [-0.2, 0) is 0 Å². The number of rotatable bonds is 3. The van der Waals surface area contributed by atoms with Crippen LogP contribution in [0.4, 0.5) is 5.69 Å². The Kier molecular flexibility index (Phi) is 4.78. The summed E-state index contributed by atoms with van der Waals surface area (Å²) in [6.45, 7) is 4.22. The highest BCUT2D eigenvalue weighted by Gasteiger charge is 2.13. The Bertz CT molecular complexity index is 389. The molecule has 0 radical (unpaired) electrons. The Labute approximate surface area is 114 Å². The fourth-order valence-corrected chi connectivity index (χ4v) is 3.14. The predicted octanol–water partition coefficient (Wildman–Crippen LogP) is 2.62. The summed E-state index contributed by atoms with van der Waals surface area (Å²) < 4.78 is 0. The minimum atomic E-state index is 0.179. The van der Waals surface area contributed by atoms with E-state index in [1.807, 2.05) is 30.9 Å². The van der Waals surface area contributed by atoms with E-state index >= 15 is 0 Å². The van der Waals surface area contributed by atoms with Crippen LogP contribution in [0.5, 0.6) is 5.75 Å². The summed E-state index contributed by atoms with van der Waals surface area (Å²) in [6, 6.07) is 6.24. The predicted molar refractivity (Wildman–Crippen MR) is 79.7 cm³/mol. The van der Waals surface area contributed by atoms with E-state index in [4.69, 9.17) is 0 Å². The van der Waals surface area contributed by atoms with Gasteiger partial charge in [0.2, 0.25) is 0 Å². The van der Waals surface area contributed by atoms with Crippen LogP contribution in [0.15, 0.2) is 18.2 Å². The third-order valence-corrected chi connectivity index (χ3v) is 4.55. The van der Waals surface area contributed by atoms with Crippen molar-refractivity contribution in [1.82, 2.24) is 5.32 Å². The quantitative estimate of drug-likeness (QED) is 0.881. The van der Waals surface area contributed by atoms with Gasteiger partial charge in [-0.2, -0.15) is 11.8 Å². The smallest absolute Gasteiger partial charge is 0.122 e. The fourth-order valence-electron chi connectivity index (χ4n) is 2.25. The molecular weight excluding hydrogens is 244 g/mol. The van der Waals surface area contributed by atoms with Crippen molar-refractivity contribution in [1.29, 1.82) is 0 Å². The van der Waals surface area contributed by atoms with Crippen LogP contribution >= 0.6 is 11.8 Å². The molecule has 3 nitrogen and oxygen atoms in total. The van der Waals surface area contributed by atoms with Gasteiger partial charge in [0.1, 0.15) is 5.75 Å². The first kappa shape index (κ1) is 13.6. The molecule has 1 heterocycles. The molecular formula is C14H22N2OS. The van der Waals surface area contributed by atoms with Crippen molar-refractivity contribution in [2.45, 2.75) is 19.4 Å². The third-order valence-electron chi connectivity index (χ3n) is 3.50. The standard InChI is InChI=1S/C14H22N2OS/c1-11(15-2)13-5-4-12(10-14(13)17)16-6-3-8-18-9-7-16/h4-5,10-11,15,17H,3,6-9H2,1-2H3. The van der Waals surface area contributed by atoms with Gasteiger partial charge in [0.05, 0.1) is 0 Å². The summed E-state index contributed by atoms with van der Waals surface area (Å²) in [6.07, 6.45) is 1.22. The number of anilines is 1. The number of thioether (sulfide) groups is 1. The minimum absolute atomic E-state index is 0.179. The average Bonchev–Trinajstić information content (AvgIpc) is 2.66. The van der Waals surface area contributed by atoms with E-state index in [1.165, 1.54) is 17.9 Å². The first-order valence-corrected chi connectivity index (χ1v) is 7.70. The van der Waals surface area contributed by atoms with Crippen molar-refractivity contribution >= 4 is 17.4 Å². The van der Waals surface area contributed by atoms with Crippen molar-refractivity contribution in [3.63, 3.8) is 0 Å². The topological polar surface area (TPSA) is 35.5 Å². The van der Waals surface area contributed by atoms with Crippen molar-refractivity contribution < 1.29 is 5.11 Å². The molecule has 0 aliphatic carbocycles. The molecule has 18 heavy (non-hydrogen) atoms. The van der Waals surface area contributed by atoms with E-state index in [0.717, 1.165) is 24.3 Å². The van der Waals surface area contributed by atoms with Crippen LogP contribution in [0.1, 0.15) is 24.9 Å². The summed E-state index contributed by atoms with van der Waals surface area (Å²) in [5, 5.41) is 13.3. The first-order valence-electron chi connectivity index (χ1n) is 6.55. The fraction of sp³-hybridized carbons (Fsp3) is 0.571.